The lowest BCUT2D eigenvalue weighted by Crippen LogP contribution is -2.17. The van der Waals surface area contributed by atoms with E-state index in [1.165, 1.54) is 6.07 Å². The van der Waals surface area contributed by atoms with Gasteiger partial charge in [-0.1, -0.05) is 17.7 Å². The summed E-state index contributed by atoms with van der Waals surface area (Å²) in [6.07, 6.45) is 6.62. The van der Waals surface area contributed by atoms with Crippen molar-refractivity contribution in [2.45, 2.75) is 25.8 Å². The zero-order valence-electron chi connectivity index (χ0n) is 9.18. The molecule has 15 heavy (non-hydrogen) atoms. The average Bonchev–Trinajstić information content (AvgIpc) is 2.24. The predicted molar refractivity (Wildman–Crippen MR) is 61.0 cm³/mol. The first-order valence-electron chi connectivity index (χ1n) is 5.05. The van der Waals surface area contributed by atoms with Crippen molar-refractivity contribution in [1.29, 1.82) is 0 Å². The Kier molecular flexibility index (Phi) is 4.33. The maximum Gasteiger partial charge on any atom is 0.127 e. The number of terminal acetylenes is 1. The van der Waals surface area contributed by atoms with Gasteiger partial charge in [0.15, 0.2) is 0 Å². The average molecular weight is 205 g/mol. The summed E-state index contributed by atoms with van der Waals surface area (Å²) in [5, 5.41) is 3.09. The third-order valence-electron chi connectivity index (χ3n) is 2.45. The van der Waals surface area contributed by atoms with Crippen LogP contribution in [0.3, 0.4) is 0 Å². The summed E-state index contributed by atoms with van der Waals surface area (Å²) < 4.78 is 13.5. The van der Waals surface area contributed by atoms with Crippen LogP contribution in [0, 0.1) is 25.1 Å². The largest absolute Gasteiger partial charge is 0.313 e. The van der Waals surface area contributed by atoms with E-state index in [0.29, 0.717) is 12.0 Å². The van der Waals surface area contributed by atoms with Crippen molar-refractivity contribution in [3.63, 3.8) is 0 Å². The van der Waals surface area contributed by atoms with Gasteiger partial charge in [0.2, 0.25) is 0 Å². The van der Waals surface area contributed by atoms with Crippen molar-refractivity contribution < 1.29 is 4.39 Å². The van der Waals surface area contributed by atoms with Crippen LogP contribution in [0.4, 0.5) is 4.39 Å². The molecule has 1 N–H and O–H groups in total. The molecule has 0 radical (unpaired) electrons. The molecular weight excluding hydrogens is 189 g/mol. The molecule has 1 atom stereocenters. The number of rotatable bonds is 4. The topological polar surface area (TPSA) is 12.0 Å². The minimum Gasteiger partial charge on any atom is -0.313 e. The third kappa shape index (κ3) is 3.07. The van der Waals surface area contributed by atoms with Crippen LogP contribution in [0.15, 0.2) is 18.2 Å². The number of benzene rings is 1. The molecule has 0 saturated carbocycles. The lowest BCUT2D eigenvalue weighted by molar-refractivity contribution is 0.514. The summed E-state index contributed by atoms with van der Waals surface area (Å²) in [5.74, 6) is 2.40. The molecule has 80 valence electrons. The Bertz CT molecular complexity index is 365. The van der Waals surface area contributed by atoms with Crippen molar-refractivity contribution >= 4 is 0 Å². The molecule has 1 aromatic carbocycles. The highest BCUT2D eigenvalue weighted by Crippen LogP contribution is 2.22. The predicted octanol–water partition coefficient (Wildman–Crippen LogP) is 2.81. The van der Waals surface area contributed by atoms with Crippen molar-refractivity contribution in [2.24, 2.45) is 0 Å². The highest BCUT2D eigenvalue weighted by molar-refractivity contribution is 5.27. The second-order valence-electron chi connectivity index (χ2n) is 3.61. The Hall–Kier alpha value is -1.33. The van der Waals surface area contributed by atoms with E-state index >= 15 is 0 Å². The molecule has 0 aliphatic rings. The van der Waals surface area contributed by atoms with Crippen LogP contribution in [-0.4, -0.2) is 7.05 Å². The highest BCUT2D eigenvalue weighted by Gasteiger charge is 2.13. The summed E-state index contributed by atoms with van der Waals surface area (Å²) in [7, 11) is 1.82. The summed E-state index contributed by atoms with van der Waals surface area (Å²) in [4.78, 5) is 0. The maximum absolute atomic E-state index is 13.5. The number of nitrogens with one attached hydrogen (secondary N) is 1. The normalized spacial score (nSPS) is 12.1. The van der Waals surface area contributed by atoms with Crippen molar-refractivity contribution in [3.8, 4) is 12.3 Å². The molecular formula is C13H16FN. The standard InChI is InChI=1S/C13H16FN/c1-4-5-6-13(15-3)11-9-10(2)7-8-12(11)14/h1,7-9,13,15H,5-6H2,2-3H3. The lowest BCUT2D eigenvalue weighted by Gasteiger charge is -2.16. The third-order valence-corrected chi connectivity index (χ3v) is 2.45. The zero-order valence-corrected chi connectivity index (χ0v) is 9.18. The van der Waals surface area contributed by atoms with Crippen LogP contribution in [0.2, 0.25) is 0 Å². The van der Waals surface area contributed by atoms with Gasteiger partial charge in [-0.3, -0.25) is 0 Å². The molecule has 0 saturated heterocycles. The molecule has 0 heterocycles. The summed E-state index contributed by atoms with van der Waals surface area (Å²) in [5.41, 5.74) is 1.76. The van der Waals surface area contributed by atoms with Gasteiger partial charge < -0.3 is 5.32 Å². The molecule has 1 aromatic rings. The molecule has 0 spiro atoms. The zero-order chi connectivity index (χ0) is 11.3. The van der Waals surface area contributed by atoms with Gasteiger partial charge in [-0.2, -0.15) is 0 Å². The van der Waals surface area contributed by atoms with Gasteiger partial charge in [0.05, 0.1) is 0 Å². The van der Waals surface area contributed by atoms with E-state index in [1.54, 1.807) is 6.07 Å². The smallest absolute Gasteiger partial charge is 0.127 e. The number of halogens is 1. The van der Waals surface area contributed by atoms with Crippen LogP contribution in [0.5, 0.6) is 0 Å². The van der Waals surface area contributed by atoms with Crippen molar-refractivity contribution in [1.82, 2.24) is 5.32 Å². The minimum absolute atomic E-state index is 0.000880. The highest BCUT2D eigenvalue weighted by atomic mass is 19.1. The van der Waals surface area contributed by atoms with E-state index in [1.807, 2.05) is 20.0 Å². The molecule has 1 unspecified atom stereocenters. The molecule has 0 amide bonds. The van der Waals surface area contributed by atoms with Crippen LogP contribution in [-0.2, 0) is 0 Å². The van der Waals surface area contributed by atoms with Gasteiger partial charge in [-0.15, -0.1) is 12.3 Å². The van der Waals surface area contributed by atoms with Gasteiger partial charge in [0.1, 0.15) is 5.82 Å². The second kappa shape index (κ2) is 5.53. The molecule has 0 aliphatic heterocycles. The molecule has 0 aliphatic carbocycles. The van der Waals surface area contributed by atoms with E-state index in [0.717, 1.165) is 12.0 Å². The molecule has 0 fully saturated rings. The van der Waals surface area contributed by atoms with Crippen molar-refractivity contribution in [2.75, 3.05) is 7.05 Å². The molecule has 1 nitrogen and oxygen atoms in total. The summed E-state index contributed by atoms with van der Waals surface area (Å²) >= 11 is 0. The fraction of sp³-hybridized carbons (Fsp3) is 0.385. The Labute approximate surface area is 90.7 Å². The van der Waals surface area contributed by atoms with E-state index in [4.69, 9.17) is 6.42 Å². The first kappa shape index (κ1) is 11.7. The number of aryl methyl sites for hydroxylation is 1. The maximum atomic E-state index is 13.5. The van der Waals surface area contributed by atoms with Crippen LogP contribution < -0.4 is 5.32 Å². The first-order valence-corrected chi connectivity index (χ1v) is 5.05. The fourth-order valence-corrected chi connectivity index (χ4v) is 1.61. The quantitative estimate of drug-likeness (QED) is 0.745. The Balaban J connectivity index is 2.91. The number of hydrogen-bond donors (Lipinski definition) is 1. The van der Waals surface area contributed by atoms with Crippen molar-refractivity contribution in [3.05, 3.63) is 35.1 Å². The summed E-state index contributed by atoms with van der Waals surface area (Å²) in [6, 6.07) is 5.14. The monoisotopic (exact) mass is 205 g/mol. The van der Waals surface area contributed by atoms with E-state index < -0.39 is 0 Å². The summed E-state index contributed by atoms with van der Waals surface area (Å²) in [6.45, 7) is 1.96. The Morgan fingerprint density at radius 3 is 2.87 bits per heavy atom. The molecule has 0 bridgehead atoms. The van der Waals surface area contributed by atoms with Gasteiger partial charge >= 0.3 is 0 Å². The minimum atomic E-state index is -0.169. The lowest BCUT2D eigenvalue weighted by atomic mass is 10.00. The fourth-order valence-electron chi connectivity index (χ4n) is 1.61. The SMILES string of the molecule is C#CCCC(NC)c1cc(C)ccc1F. The van der Waals surface area contributed by atoms with E-state index in [2.05, 4.69) is 11.2 Å². The second-order valence-corrected chi connectivity index (χ2v) is 3.61. The molecule has 1 rings (SSSR count). The molecule has 2 heteroatoms. The van der Waals surface area contributed by atoms with Gasteiger partial charge in [0, 0.05) is 18.0 Å². The first-order chi connectivity index (χ1) is 7.19. The van der Waals surface area contributed by atoms with E-state index in [-0.39, 0.29) is 11.9 Å². The Morgan fingerprint density at radius 2 is 2.27 bits per heavy atom. The van der Waals surface area contributed by atoms with Gasteiger partial charge in [0.25, 0.3) is 0 Å². The van der Waals surface area contributed by atoms with Crippen LogP contribution >= 0.6 is 0 Å². The van der Waals surface area contributed by atoms with Crippen LogP contribution in [0.25, 0.3) is 0 Å². The van der Waals surface area contributed by atoms with Gasteiger partial charge in [-0.05, 0) is 26.5 Å². The van der Waals surface area contributed by atoms with E-state index in [9.17, 15) is 4.39 Å². The molecule has 0 aromatic heterocycles. The van der Waals surface area contributed by atoms with Gasteiger partial charge in [-0.25, -0.2) is 4.39 Å². The Morgan fingerprint density at radius 1 is 1.53 bits per heavy atom. The number of hydrogen-bond acceptors (Lipinski definition) is 1. The van der Waals surface area contributed by atoms with Crippen LogP contribution in [0.1, 0.15) is 30.0 Å².